The van der Waals surface area contributed by atoms with Crippen LogP contribution in [0.5, 0.6) is 5.75 Å². The van der Waals surface area contributed by atoms with E-state index in [1.807, 2.05) is 43.3 Å². The highest BCUT2D eigenvalue weighted by Crippen LogP contribution is 2.27. The Bertz CT molecular complexity index is 975. The van der Waals surface area contributed by atoms with Crippen molar-refractivity contribution in [2.45, 2.75) is 50.0 Å². The number of sulfonamides is 1. The summed E-state index contributed by atoms with van der Waals surface area (Å²) < 4.78 is 33.0. The molecule has 174 valence electrons. The summed E-state index contributed by atoms with van der Waals surface area (Å²) in [7, 11) is -1.90. The third-order valence-corrected chi connectivity index (χ3v) is 7.79. The Morgan fingerprint density at radius 2 is 1.72 bits per heavy atom. The molecule has 7 nitrogen and oxygen atoms in total. The number of methoxy groups -OCH3 is 1. The molecule has 0 saturated carbocycles. The fraction of sp³-hybridized carbons (Fsp3) is 0.458. The van der Waals surface area contributed by atoms with E-state index in [0.29, 0.717) is 31.0 Å². The quantitative estimate of drug-likeness (QED) is 0.601. The standard InChI is InChI=1S/C24H33N3O4S/c1-19-6-12-23(13-7-19)32(29,30)27-18-4-3-5-21(27)15-17-26-24(28)25-16-14-20-8-10-22(31-2)11-9-20/h6-13,21H,3-5,14-18H2,1-2H3,(H2,25,26,28). The van der Waals surface area contributed by atoms with Crippen LogP contribution < -0.4 is 15.4 Å². The van der Waals surface area contributed by atoms with Gasteiger partial charge in [0.05, 0.1) is 12.0 Å². The molecule has 2 aromatic rings. The minimum absolute atomic E-state index is 0.102. The van der Waals surface area contributed by atoms with Crippen molar-refractivity contribution in [3.63, 3.8) is 0 Å². The van der Waals surface area contributed by atoms with Gasteiger partial charge in [-0.15, -0.1) is 0 Å². The molecule has 8 heteroatoms. The summed E-state index contributed by atoms with van der Waals surface area (Å²) in [4.78, 5) is 12.5. The first-order valence-electron chi connectivity index (χ1n) is 11.1. The van der Waals surface area contributed by atoms with Crippen LogP contribution in [0, 0.1) is 6.92 Å². The van der Waals surface area contributed by atoms with Crippen LogP contribution in [-0.4, -0.2) is 51.5 Å². The first-order chi connectivity index (χ1) is 15.4. The number of carbonyl (C=O) groups is 1. The predicted molar refractivity (Wildman–Crippen MR) is 125 cm³/mol. The SMILES string of the molecule is COc1ccc(CCNC(=O)NCCC2CCCCN2S(=O)(=O)c2ccc(C)cc2)cc1. The molecule has 1 unspecified atom stereocenters. The van der Waals surface area contributed by atoms with Crippen LogP contribution in [0.25, 0.3) is 0 Å². The van der Waals surface area contributed by atoms with Gasteiger partial charge in [0.2, 0.25) is 10.0 Å². The lowest BCUT2D eigenvalue weighted by atomic mass is 10.0. The fourth-order valence-electron chi connectivity index (χ4n) is 3.95. The number of hydrogen-bond acceptors (Lipinski definition) is 4. The molecule has 2 aromatic carbocycles. The number of piperidine rings is 1. The van der Waals surface area contributed by atoms with E-state index in [9.17, 15) is 13.2 Å². The van der Waals surface area contributed by atoms with E-state index in [4.69, 9.17) is 4.74 Å². The van der Waals surface area contributed by atoms with Gasteiger partial charge >= 0.3 is 6.03 Å². The predicted octanol–water partition coefficient (Wildman–Crippen LogP) is 3.48. The number of benzene rings is 2. The number of aryl methyl sites for hydroxylation is 1. The van der Waals surface area contributed by atoms with Crippen LogP contribution in [0.2, 0.25) is 0 Å². The smallest absolute Gasteiger partial charge is 0.314 e. The van der Waals surface area contributed by atoms with Gasteiger partial charge in [0, 0.05) is 25.7 Å². The van der Waals surface area contributed by atoms with Crippen molar-refractivity contribution in [1.82, 2.24) is 14.9 Å². The summed E-state index contributed by atoms with van der Waals surface area (Å²) in [6.07, 6.45) is 3.99. The summed E-state index contributed by atoms with van der Waals surface area (Å²) in [6.45, 7) is 3.41. The van der Waals surface area contributed by atoms with Crippen molar-refractivity contribution >= 4 is 16.1 Å². The maximum Gasteiger partial charge on any atom is 0.314 e. The maximum atomic E-state index is 13.1. The molecule has 1 saturated heterocycles. The molecule has 1 heterocycles. The number of urea groups is 1. The Hall–Kier alpha value is -2.58. The second-order valence-electron chi connectivity index (χ2n) is 8.15. The van der Waals surface area contributed by atoms with Crippen molar-refractivity contribution in [1.29, 1.82) is 0 Å². The van der Waals surface area contributed by atoms with Gasteiger partial charge in [-0.3, -0.25) is 0 Å². The van der Waals surface area contributed by atoms with Crippen molar-refractivity contribution in [3.05, 3.63) is 59.7 Å². The molecule has 2 amide bonds. The molecule has 1 aliphatic heterocycles. The maximum absolute atomic E-state index is 13.1. The van der Waals surface area contributed by atoms with Crippen molar-refractivity contribution in [3.8, 4) is 5.75 Å². The number of ether oxygens (including phenoxy) is 1. The molecule has 0 radical (unpaired) electrons. The van der Waals surface area contributed by atoms with Crippen molar-refractivity contribution < 1.29 is 17.9 Å². The van der Waals surface area contributed by atoms with E-state index in [-0.39, 0.29) is 12.1 Å². The minimum atomic E-state index is -3.53. The third kappa shape index (κ3) is 6.46. The van der Waals surface area contributed by atoms with Crippen molar-refractivity contribution in [2.75, 3.05) is 26.7 Å². The Kier molecular flexibility index (Phi) is 8.53. The molecule has 1 fully saturated rings. The highest BCUT2D eigenvalue weighted by atomic mass is 32.2. The Morgan fingerprint density at radius 1 is 1.03 bits per heavy atom. The summed E-state index contributed by atoms with van der Waals surface area (Å²) in [6, 6.07) is 14.4. The third-order valence-electron chi connectivity index (χ3n) is 5.82. The lowest BCUT2D eigenvalue weighted by molar-refractivity contribution is 0.229. The van der Waals surface area contributed by atoms with Gasteiger partial charge in [-0.2, -0.15) is 4.31 Å². The van der Waals surface area contributed by atoms with E-state index in [1.165, 1.54) is 0 Å². The Labute approximate surface area is 191 Å². The molecule has 1 aliphatic rings. The highest BCUT2D eigenvalue weighted by Gasteiger charge is 2.33. The van der Waals surface area contributed by atoms with E-state index >= 15 is 0 Å². The van der Waals surface area contributed by atoms with Gasteiger partial charge in [-0.1, -0.05) is 36.2 Å². The molecular formula is C24H33N3O4S. The summed E-state index contributed by atoms with van der Waals surface area (Å²) in [5.74, 6) is 0.806. The second-order valence-corrected chi connectivity index (χ2v) is 10.0. The van der Waals surface area contributed by atoms with Gasteiger partial charge < -0.3 is 15.4 Å². The van der Waals surface area contributed by atoms with Crippen LogP contribution in [0.4, 0.5) is 4.79 Å². The van der Waals surface area contributed by atoms with Crippen LogP contribution in [0.1, 0.15) is 36.8 Å². The zero-order valence-electron chi connectivity index (χ0n) is 18.8. The van der Waals surface area contributed by atoms with Gasteiger partial charge in [0.15, 0.2) is 0 Å². The van der Waals surface area contributed by atoms with E-state index in [1.54, 1.807) is 23.5 Å². The lowest BCUT2D eigenvalue weighted by Crippen LogP contribution is -2.46. The lowest BCUT2D eigenvalue weighted by Gasteiger charge is -2.34. The minimum Gasteiger partial charge on any atom is -0.497 e. The van der Waals surface area contributed by atoms with E-state index in [2.05, 4.69) is 10.6 Å². The van der Waals surface area contributed by atoms with Gasteiger partial charge in [-0.05, 0) is 62.4 Å². The Balaban J connectivity index is 1.45. The zero-order chi connectivity index (χ0) is 23.0. The van der Waals surface area contributed by atoms with Crippen LogP contribution in [0.15, 0.2) is 53.4 Å². The van der Waals surface area contributed by atoms with E-state index in [0.717, 1.165) is 42.6 Å². The number of amides is 2. The molecular weight excluding hydrogens is 426 g/mol. The summed E-state index contributed by atoms with van der Waals surface area (Å²) in [5, 5.41) is 5.72. The summed E-state index contributed by atoms with van der Waals surface area (Å²) >= 11 is 0. The molecule has 1 atom stereocenters. The van der Waals surface area contributed by atoms with E-state index < -0.39 is 10.0 Å². The fourth-order valence-corrected chi connectivity index (χ4v) is 5.68. The molecule has 2 N–H and O–H groups in total. The zero-order valence-corrected chi connectivity index (χ0v) is 19.7. The van der Waals surface area contributed by atoms with Crippen LogP contribution >= 0.6 is 0 Å². The average Bonchev–Trinajstić information content (AvgIpc) is 2.80. The highest BCUT2D eigenvalue weighted by molar-refractivity contribution is 7.89. The number of rotatable bonds is 9. The Morgan fingerprint density at radius 3 is 2.41 bits per heavy atom. The monoisotopic (exact) mass is 459 g/mol. The number of hydrogen-bond donors (Lipinski definition) is 2. The molecule has 0 aromatic heterocycles. The number of nitrogens with zero attached hydrogens (tertiary/aromatic N) is 1. The largest absolute Gasteiger partial charge is 0.497 e. The first-order valence-corrected chi connectivity index (χ1v) is 12.6. The molecule has 0 aliphatic carbocycles. The number of carbonyl (C=O) groups excluding carboxylic acids is 1. The topological polar surface area (TPSA) is 87.7 Å². The summed E-state index contributed by atoms with van der Waals surface area (Å²) in [5.41, 5.74) is 2.15. The first kappa shape index (κ1) is 24.1. The van der Waals surface area contributed by atoms with Gasteiger partial charge in [-0.25, -0.2) is 13.2 Å². The van der Waals surface area contributed by atoms with Gasteiger partial charge in [0.1, 0.15) is 5.75 Å². The molecule has 0 spiro atoms. The average molecular weight is 460 g/mol. The second kappa shape index (κ2) is 11.3. The van der Waals surface area contributed by atoms with Gasteiger partial charge in [0.25, 0.3) is 0 Å². The van der Waals surface area contributed by atoms with Crippen molar-refractivity contribution in [2.24, 2.45) is 0 Å². The normalized spacial score (nSPS) is 17.0. The molecule has 0 bridgehead atoms. The van der Waals surface area contributed by atoms with Crippen LogP contribution in [-0.2, 0) is 16.4 Å². The van der Waals surface area contributed by atoms with Crippen LogP contribution in [0.3, 0.4) is 0 Å². The molecule has 32 heavy (non-hydrogen) atoms. The molecule has 3 rings (SSSR count). The number of nitrogens with one attached hydrogen (secondary N) is 2.